The minimum absolute atomic E-state index is 0.500. The number of nitrogens with one attached hydrogen (secondary N) is 1. The molecule has 1 N–H and O–H groups in total. The van der Waals surface area contributed by atoms with Crippen molar-refractivity contribution in [3.63, 3.8) is 0 Å². The summed E-state index contributed by atoms with van der Waals surface area (Å²) in [6, 6.07) is 0. The predicted octanol–water partition coefficient (Wildman–Crippen LogP) is 3.12. The van der Waals surface area contributed by atoms with Gasteiger partial charge in [0.1, 0.15) is 5.76 Å². The Morgan fingerprint density at radius 3 is 2.94 bits per heavy atom. The van der Waals surface area contributed by atoms with Crippen LogP contribution in [0.3, 0.4) is 0 Å². The Balaban J connectivity index is 2.33. The highest BCUT2D eigenvalue weighted by Gasteiger charge is 2.10. The van der Waals surface area contributed by atoms with E-state index in [0.29, 0.717) is 5.92 Å². The molecule has 0 saturated carbocycles. The second-order valence-electron chi connectivity index (χ2n) is 4.30. The van der Waals surface area contributed by atoms with Gasteiger partial charge >= 0.3 is 0 Å². The third-order valence-electron chi connectivity index (χ3n) is 2.77. The van der Waals surface area contributed by atoms with Crippen molar-refractivity contribution in [2.75, 3.05) is 13.1 Å². The molecule has 0 radical (unpaired) electrons. The zero-order chi connectivity index (χ0) is 11.8. The zero-order valence-corrected chi connectivity index (χ0v) is 10.8. The van der Waals surface area contributed by atoms with Crippen LogP contribution >= 0.6 is 0 Å². The highest BCUT2D eigenvalue weighted by molar-refractivity contribution is 5.00. The maximum atomic E-state index is 5.74. The van der Waals surface area contributed by atoms with E-state index in [-0.39, 0.29) is 0 Å². The average molecular weight is 224 g/mol. The third kappa shape index (κ3) is 4.35. The van der Waals surface area contributed by atoms with Crippen molar-refractivity contribution in [1.82, 2.24) is 10.3 Å². The van der Waals surface area contributed by atoms with Crippen LogP contribution in [0.5, 0.6) is 0 Å². The maximum Gasteiger partial charge on any atom is 0.194 e. The van der Waals surface area contributed by atoms with Crippen molar-refractivity contribution in [1.29, 1.82) is 0 Å². The van der Waals surface area contributed by atoms with Crippen LogP contribution in [-0.2, 0) is 6.42 Å². The smallest absolute Gasteiger partial charge is 0.194 e. The molecular weight excluding hydrogens is 200 g/mol. The average Bonchev–Trinajstić information content (AvgIpc) is 2.73. The zero-order valence-electron chi connectivity index (χ0n) is 10.8. The first-order chi connectivity index (χ1) is 7.77. The van der Waals surface area contributed by atoms with Crippen LogP contribution in [0, 0.1) is 0 Å². The Hall–Kier alpha value is -0.830. The second-order valence-corrected chi connectivity index (χ2v) is 4.30. The Morgan fingerprint density at radius 1 is 1.44 bits per heavy atom. The van der Waals surface area contributed by atoms with Gasteiger partial charge < -0.3 is 9.73 Å². The summed E-state index contributed by atoms with van der Waals surface area (Å²) in [5.41, 5.74) is 0. The minimum atomic E-state index is 0.500. The molecule has 0 aliphatic carbocycles. The second kappa shape index (κ2) is 7.44. The molecule has 0 spiro atoms. The topological polar surface area (TPSA) is 38.1 Å². The summed E-state index contributed by atoms with van der Waals surface area (Å²) in [6.07, 6.45) is 6.29. The van der Waals surface area contributed by atoms with E-state index in [2.05, 4.69) is 31.1 Å². The quantitative estimate of drug-likeness (QED) is 0.689. The molecule has 1 unspecified atom stereocenters. The summed E-state index contributed by atoms with van der Waals surface area (Å²) < 4.78 is 5.74. The number of oxazole rings is 1. The molecular formula is C13H24N2O. The molecule has 1 atom stereocenters. The van der Waals surface area contributed by atoms with Crippen molar-refractivity contribution < 1.29 is 4.42 Å². The number of nitrogens with zero attached hydrogens (tertiary/aromatic N) is 1. The number of rotatable bonds is 8. The lowest BCUT2D eigenvalue weighted by Gasteiger charge is -2.04. The van der Waals surface area contributed by atoms with Gasteiger partial charge in [-0.15, -0.1) is 0 Å². The third-order valence-corrected chi connectivity index (χ3v) is 2.77. The Bertz CT molecular complexity index is 283. The molecule has 92 valence electrons. The molecule has 0 amide bonds. The molecule has 0 aliphatic heterocycles. The monoisotopic (exact) mass is 224 g/mol. The molecule has 1 aromatic heterocycles. The van der Waals surface area contributed by atoms with Crippen LogP contribution in [0.15, 0.2) is 10.6 Å². The fraction of sp³-hybridized carbons (Fsp3) is 0.769. The van der Waals surface area contributed by atoms with Gasteiger partial charge in [-0.1, -0.05) is 27.2 Å². The molecule has 0 saturated heterocycles. The lowest BCUT2D eigenvalue weighted by molar-refractivity contribution is 0.416. The normalized spacial score (nSPS) is 12.9. The van der Waals surface area contributed by atoms with Crippen molar-refractivity contribution in [2.45, 2.75) is 52.4 Å². The van der Waals surface area contributed by atoms with Crippen LogP contribution in [-0.4, -0.2) is 18.1 Å². The lowest BCUT2D eigenvalue weighted by Crippen LogP contribution is -2.14. The fourth-order valence-electron chi connectivity index (χ4n) is 1.78. The summed E-state index contributed by atoms with van der Waals surface area (Å²) in [5.74, 6) is 2.43. The van der Waals surface area contributed by atoms with Gasteiger partial charge in [0.05, 0.1) is 6.20 Å². The molecule has 1 rings (SSSR count). The van der Waals surface area contributed by atoms with Crippen molar-refractivity contribution >= 4 is 0 Å². The van der Waals surface area contributed by atoms with E-state index in [1.807, 2.05) is 6.20 Å². The van der Waals surface area contributed by atoms with E-state index in [4.69, 9.17) is 4.42 Å². The highest BCUT2D eigenvalue weighted by Crippen LogP contribution is 2.21. The maximum absolute atomic E-state index is 5.74. The molecule has 0 bridgehead atoms. The summed E-state index contributed by atoms with van der Waals surface area (Å²) >= 11 is 0. The number of hydrogen-bond acceptors (Lipinski definition) is 3. The molecule has 3 nitrogen and oxygen atoms in total. The molecule has 0 aliphatic rings. The molecule has 1 aromatic rings. The van der Waals surface area contributed by atoms with Gasteiger partial charge in [0.15, 0.2) is 5.89 Å². The molecule has 1 heterocycles. The fourth-order valence-corrected chi connectivity index (χ4v) is 1.78. The first kappa shape index (κ1) is 13.2. The van der Waals surface area contributed by atoms with Gasteiger partial charge in [0, 0.05) is 12.3 Å². The Kier molecular flexibility index (Phi) is 6.16. The van der Waals surface area contributed by atoms with E-state index in [1.54, 1.807) is 0 Å². The van der Waals surface area contributed by atoms with Gasteiger partial charge in [0.2, 0.25) is 0 Å². The largest absolute Gasteiger partial charge is 0.445 e. The highest BCUT2D eigenvalue weighted by atomic mass is 16.4. The minimum Gasteiger partial charge on any atom is -0.445 e. The van der Waals surface area contributed by atoms with E-state index in [0.717, 1.165) is 37.6 Å². The van der Waals surface area contributed by atoms with E-state index < -0.39 is 0 Å². The van der Waals surface area contributed by atoms with E-state index in [1.165, 1.54) is 12.8 Å². The number of hydrogen-bond donors (Lipinski definition) is 1. The first-order valence-electron chi connectivity index (χ1n) is 6.43. The molecule has 0 fully saturated rings. The van der Waals surface area contributed by atoms with Gasteiger partial charge in [-0.2, -0.15) is 0 Å². The molecule has 0 aromatic carbocycles. The summed E-state index contributed by atoms with van der Waals surface area (Å²) in [6.45, 7) is 8.59. The first-order valence-corrected chi connectivity index (χ1v) is 6.43. The standard InChI is InChI=1S/C13H24N2O/c1-4-7-11(3)12-10-15-13(16-12)8-6-9-14-5-2/h10-11,14H,4-9H2,1-3H3. The van der Waals surface area contributed by atoms with Gasteiger partial charge in [-0.3, -0.25) is 0 Å². The van der Waals surface area contributed by atoms with Crippen LogP contribution in [0.4, 0.5) is 0 Å². The summed E-state index contributed by atoms with van der Waals surface area (Å²) in [7, 11) is 0. The van der Waals surface area contributed by atoms with Crippen molar-refractivity contribution in [3.05, 3.63) is 17.8 Å². The molecule has 16 heavy (non-hydrogen) atoms. The van der Waals surface area contributed by atoms with E-state index >= 15 is 0 Å². The van der Waals surface area contributed by atoms with Crippen molar-refractivity contribution in [2.24, 2.45) is 0 Å². The Labute approximate surface area is 98.6 Å². The number of aryl methyl sites for hydroxylation is 1. The van der Waals surface area contributed by atoms with Gasteiger partial charge in [-0.05, 0) is 25.9 Å². The molecule has 3 heteroatoms. The lowest BCUT2D eigenvalue weighted by atomic mass is 10.0. The van der Waals surface area contributed by atoms with Gasteiger partial charge in [-0.25, -0.2) is 4.98 Å². The van der Waals surface area contributed by atoms with Crippen molar-refractivity contribution in [3.8, 4) is 0 Å². The van der Waals surface area contributed by atoms with Gasteiger partial charge in [0.25, 0.3) is 0 Å². The van der Waals surface area contributed by atoms with Crippen LogP contribution < -0.4 is 5.32 Å². The summed E-state index contributed by atoms with van der Waals surface area (Å²) in [5, 5.41) is 3.30. The predicted molar refractivity (Wildman–Crippen MR) is 66.7 cm³/mol. The van der Waals surface area contributed by atoms with Crippen LogP contribution in [0.1, 0.15) is 57.6 Å². The summed E-state index contributed by atoms with van der Waals surface area (Å²) in [4.78, 5) is 4.32. The SMILES string of the molecule is CCCC(C)c1cnc(CCCNCC)o1. The number of aromatic nitrogens is 1. The van der Waals surface area contributed by atoms with Crippen LogP contribution in [0.2, 0.25) is 0 Å². The van der Waals surface area contributed by atoms with Crippen LogP contribution in [0.25, 0.3) is 0 Å². The van der Waals surface area contributed by atoms with E-state index in [9.17, 15) is 0 Å². The Morgan fingerprint density at radius 2 is 2.25 bits per heavy atom.